The van der Waals surface area contributed by atoms with Crippen molar-refractivity contribution in [3.05, 3.63) is 33.9 Å². The molecule has 0 fully saturated rings. The quantitative estimate of drug-likeness (QED) is 0.632. The number of nitrogens with zero attached hydrogens (tertiary/aromatic N) is 1. The Kier molecular flexibility index (Phi) is 4.47. The second-order valence-electron chi connectivity index (χ2n) is 5.16. The first-order chi connectivity index (χ1) is 8.76. The lowest BCUT2D eigenvalue weighted by atomic mass is 9.90. The summed E-state index contributed by atoms with van der Waals surface area (Å²) in [6, 6.07) is 3.55. The van der Waals surface area contributed by atoms with E-state index >= 15 is 0 Å². The molecule has 0 unspecified atom stereocenters. The van der Waals surface area contributed by atoms with Crippen molar-refractivity contribution in [3.8, 4) is 5.75 Å². The second-order valence-corrected chi connectivity index (χ2v) is 5.16. The van der Waals surface area contributed by atoms with E-state index in [1.807, 2.05) is 20.8 Å². The van der Waals surface area contributed by atoms with Crippen molar-refractivity contribution >= 4 is 11.6 Å². The highest BCUT2D eigenvalue weighted by Gasteiger charge is 2.19. The molecule has 19 heavy (non-hydrogen) atoms. The number of phenols is 1. The lowest BCUT2D eigenvalue weighted by molar-refractivity contribution is -0.385. The van der Waals surface area contributed by atoms with E-state index in [0.29, 0.717) is 6.54 Å². The summed E-state index contributed by atoms with van der Waals surface area (Å²) >= 11 is 0. The Morgan fingerprint density at radius 2 is 2.11 bits per heavy atom. The third kappa shape index (κ3) is 3.94. The number of nitrogens with one attached hydrogen (secondary N) is 1. The van der Waals surface area contributed by atoms with Crippen LogP contribution >= 0.6 is 0 Å². The third-order valence-electron chi connectivity index (χ3n) is 3.12. The molecule has 0 aliphatic rings. The average Bonchev–Trinajstić information content (AvgIpc) is 2.35. The normalized spacial score (nSPS) is 11.1. The lowest BCUT2D eigenvalue weighted by Gasteiger charge is -2.22. The van der Waals surface area contributed by atoms with Gasteiger partial charge in [0, 0.05) is 18.2 Å². The van der Waals surface area contributed by atoms with Crippen molar-refractivity contribution in [2.24, 2.45) is 5.41 Å². The fourth-order valence-corrected chi connectivity index (χ4v) is 1.37. The molecule has 0 atom stereocenters. The first kappa shape index (κ1) is 14.9. The van der Waals surface area contributed by atoms with Crippen LogP contribution in [0.15, 0.2) is 18.2 Å². The minimum Gasteiger partial charge on any atom is -0.502 e. The van der Waals surface area contributed by atoms with Crippen molar-refractivity contribution in [3.63, 3.8) is 0 Å². The molecule has 1 rings (SSSR count). The van der Waals surface area contributed by atoms with E-state index in [4.69, 9.17) is 0 Å². The number of rotatable bonds is 5. The van der Waals surface area contributed by atoms with E-state index in [2.05, 4.69) is 5.32 Å². The number of aromatic hydroxyl groups is 1. The second kappa shape index (κ2) is 5.69. The molecule has 0 heterocycles. The van der Waals surface area contributed by atoms with Crippen LogP contribution in [-0.2, 0) is 0 Å². The summed E-state index contributed by atoms with van der Waals surface area (Å²) in [4.78, 5) is 21.7. The number of amides is 1. The topological polar surface area (TPSA) is 92.5 Å². The molecule has 0 aliphatic heterocycles. The lowest BCUT2D eigenvalue weighted by Crippen LogP contribution is -2.33. The van der Waals surface area contributed by atoms with Gasteiger partial charge in [0.1, 0.15) is 0 Å². The third-order valence-corrected chi connectivity index (χ3v) is 3.12. The zero-order valence-corrected chi connectivity index (χ0v) is 11.3. The summed E-state index contributed by atoms with van der Waals surface area (Å²) in [7, 11) is 0. The van der Waals surface area contributed by atoms with Gasteiger partial charge in [-0.3, -0.25) is 14.9 Å². The van der Waals surface area contributed by atoms with Gasteiger partial charge in [-0.2, -0.15) is 0 Å². The van der Waals surface area contributed by atoms with Crippen molar-refractivity contribution in [2.75, 3.05) is 6.54 Å². The first-order valence-corrected chi connectivity index (χ1v) is 6.02. The molecule has 0 spiro atoms. The van der Waals surface area contributed by atoms with E-state index in [1.54, 1.807) is 0 Å². The summed E-state index contributed by atoms with van der Waals surface area (Å²) in [6.07, 6.45) is 0.915. The van der Waals surface area contributed by atoms with Gasteiger partial charge in [0.15, 0.2) is 5.75 Å². The number of nitro benzene ring substituents is 1. The number of hydrogen-bond donors (Lipinski definition) is 2. The fraction of sp³-hybridized carbons (Fsp3) is 0.462. The largest absolute Gasteiger partial charge is 0.502 e. The number of hydrogen-bond acceptors (Lipinski definition) is 4. The first-order valence-electron chi connectivity index (χ1n) is 6.02. The average molecular weight is 266 g/mol. The highest BCUT2D eigenvalue weighted by molar-refractivity contribution is 5.95. The van der Waals surface area contributed by atoms with Crippen molar-refractivity contribution in [1.29, 1.82) is 0 Å². The van der Waals surface area contributed by atoms with Gasteiger partial charge >= 0.3 is 5.69 Å². The molecule has 1 aromatic rings. The molecule has 0 aromatic heterocycles. The molecule has 1 aromatic carbocycles. The standard InChI is InChI=1S/C13H18N2O4/c1-4-13(2,3)8-14-12(17)9-5-6-10(15(18)19)11(16)7-9/h5-7,16H,4,8H2,1-3H3,(H,14,17). The summed E-state index contributed by atoms with van der Waals surface area (Å²) in [5.74, 6) is -0.862. The molecule has 0 saturated carbocycles. The van der Waals surface area contributed by atoms with Gasteiger partial charge in [0.25, 0.3) is 5.91 Å². The van der Waals surface area contributed by atoms with Crippen molar-refractivity contribution < 1.29 is 14.8 Å². The maximum atomic E-state index is 11.8. The van der Waals surface area contributed by atoms with Gasteiger partial charge in [-0.1, -0.05) is 20.8 Å². The van der Waals surface area contributed by atoms with Crippen molar-refractivity contribution in [2.45, 2.75) is 27.2 Å². The minimum atomic E-state index is -0.697. The number of carbonyl (C=O) groups is 1. The van der Waals surface area contributed by atoms with Gasteiger partial charge in [0.2, 0.25) is 0 Å². The summed E-state index contributed by atoms with van der Waals surface area (Å²) in [5, 5.41) is 22.8. The smallest absolute Gasteiger partial charge is 0.310 e. The molecule has 1 amide bonds. The predicted octanol–water partition coefficient (Wildman–Crippen LogP) is 2.47. The highest BCUT2D eigenvalue weighted by atomic mass is 16.6. The maximum Gasteiger partial charge on any atom is 0.310 e. The van der Waals surface area contributed by atoms with E-state index in [9.17, 15) is 20.0 Å². The Labute approximate surface area is 111 Å². The van der Waals surface area contributed by atoms with Crippen LogP contribution in [0.4, 0.5) is 5.69 Å². The molecule has 6 nitrogen and oxygen atoms in total. The Morgan fingerprint density at radius 1 is 1.47 bits per heavy atom. The Hall–Kier alpha value is -2.11. The van der Waals surface area contributed by atoms with Gasteiger partial charge < -0.3 is 10.4 Å². The van der Waals surface area contributed by atoms with Gasteiger partial charge in [-0.05, 0) is 24.0 Å². The minimum absolute atomic E-state index is 0.0154. The van der Waals surface area contributed by atoms with Crippen LogP contribution in [0.25, 0.3) is 0 Å². The van der Waals surface area contributed by atoms with E-state index < -0.39 is 16.4 Å². The maximum absolute atomic E-state index is 11.8. The molecule has 0 radical (unpaired) electrons. The Balaban J connectivity index is 2.79. The predicted molar refractivity (Wildman–Crippen MR) is 71.2 cm³/mol. The zero-order valence-electron chi connectivity index (χ0n) is 11.3. The van der Waals surface area contributed by atoms with E-state index in [-0.39, 0.29) is 16.9 Å². The fourth-order valence-electron chi connectivity index (χ4n) is 1.37. The highest BCUT2D eigenvalue weighted by Crippen LogP contribution is 2.26. The van der Waals surface area contributed by atoms with Crippen molar-refractivity contribution in [1.82, 2.24) is 5.32 Å². The van der Waals surface area contributed by atoms with Gasteiger partial charge in [0.05, 0.1) is 4.92 Å². The van der Waals surface area contributed by atoms with Crippen LogP contribution in [0.1, 0.15) is 37.6 Å². The number of phenolic OH excluding ortho intramolecular Hbond substituents is 1. The molecule has 0 aliphatic carbocycles. The number of benzene rings is 1. The molecule has 104 valence electrons. The SMILES string of the molecule is CCC(C)(C)CNC(=O)c1ccc([N+](=O)[O-])c(O)c1. The summed E-state index contributed by atoms with van der Waals surface area (Å²) in [6.45, 7) is 6.59. The van der Waals surface area contributed by atoms with Crippen LogP contribution in [0, 0.1) is 15.5 Å². The number of carbonyl (C=O) groups excluding carboxylic acids is 1. The summed E-state index contributed by atoms with van der Waals surface area (Å²) < 4.78 is 0. The molecule has 6 heteroatoms. The van der Waals surface area contributed by atoms with Crippen LogP contribution < -0.4 is 5.32 Å². The zero-order chi connectivity index (χ0) is 14.6. The monoisotopic (exact) mass is 266 g/mol. The molecule has 0 bridgehead atoms. The van der Waals surface area contributed by atoms with Crippen LogP contribution in [0.3, 0.4) is 0 Å². The molecule has 0 saturated heterocycles. The summed E-state index contributed by atoms with van der Waals surface area (Å²) in [5.41, 5.74) is -0.223. The Bertz CT molecular complexity index is 497. The number of nitro groups is 1. The van der Waals surface area contributed by atoms with Crippen LogP contribution in [0.2, 0.25) is 0 Å². The molecular formula is C13H18N2O4. The molecular weight excluding hydrogens is 248 g/mol. The van der Waals surface area contributed by atoms with E-state index in [0.717, 1.165) is 18.6 Å². The Morgan fingerprint density at radius 3 is 2.58 bits per heavy atom. The van der Waals surface area contributed by atoms with Crippen LogP contribution in [-0.4, -0.2) is 22.5 Å². The van der Waals surface area contributed by atoms with Gasteiger partial charge in [-0.15, -0.1) is 0 Å². The molecule has 2 N–H and O–H groups in total. The van der Waals surface area contributed by atoms with E-state index in [1.165, 1.54) is 6.07 Å². The van der Waals surface area contributed by atoms with Gasteiger partial charge in [-0.25, -0.2) is 0 Å². The van der Waals surface area contributed by atoms with Crippen LogP contribution in [0.5, 0.6) is 5.75 Å².